The van der Waals surface area contributed by atoms with Gasteiger partial charge in [0.05, 0.1) is 5.69 Å². The molecule has 0 fully saturated rings. The molecule has 0 radical (unpaired) electrons. The normalized spacial score (nSPS) is 19.4. The van der Waals surface area contributed by atoms with Gasteiger partial charge in [-0.2, -0.15) is 10.4 Å². The van der Waals surface area contributed by atoms with Crippen molar-refractivity contribution in [2.75, 3.05) is 0 Å². The van der Waals surface area contributed by atoms with Crippen LogP contribution >= 0.6 is 0 Å². The number of aromatic nitrogens is 2. The first-order valence-corrected chi connectivity index (χ1v) is 9.98. The number of rotatable bonds is 6. The molecule has 2 atom stereocenters. The Morgan fingerprint density at radius 1 is 1.37 bits per heavy atom. The van der Waals surface area contributed by atoms with Crippen LogP contribution < -0.4 is 11.1 Å². The third-order valence-corrected chi connectivity index (χ3v) is 5.37. The maximum atomic E-state index is 13.8. The molecule has 30 heavy (non-hydrogen) atoms. The quantitative estimate of drug-likeness (QED) is 0.761. The predicted molar refractivity (Wildman–Crippen MR) is 113 cm³/mol. The van der Waals surface area contributed by atoms with Gasteiger partial charge < -0.3 is 15.8 Å². The number of nitrogens with zero attached hydrogens (tertiary/aromatic N) is 4. The summed E-state index contributed by atoms with van der Waals surface area (Å²) in [6.07, 6.45) is 2.62. The molecule has 0 aliphatic carbocycles. The van der Waals surface area contributed by atoms with Crippen LogP contribution in [0.5, 0.6) is 0 Å². The zero-order valence-corrected chi connectivity index (χ0v) is 18.0. The minimum absolute atomic E-state index is 0.189. The largest absolute Gasteiger partial charge is 0.469 e. The number of aryl methyl sites for hydroxylation is 3. The lowest BCUT2D eigenvalue weighted by molar-refractivity contribution is 0.102. The third kappa shape index (κ3) is 3.75. The van der Waals surface area contributed by atoms with Gasteiger partial charge >= 0.3 is 0 Å². The van der Waals surface area contributed by atoms with Gasteiger partial charge in [-0.25, -0.2) is 9.38 Å². The van der Waals surface area contributed by atoms with E-state index in [4.69, 9.17) is 10.5 Å². The molecule has 7 nitrogen and oxygen atoms in total. The third-order valence-electron chi connectivity index (χ3n) is 5.37. The summed E-state index contributed by atoms with van der Waals surface area (Å²) in [6.45, 7) is 7.73. The molecular formula is C22H27FN6O. The van der Waals surface area contributed by atoms with Crippen molar-refractivity contribution in [3.8, 4) is 6.07 Å². The molecule has 1 aromatic heterocycles. The smallest absolute Gasteiger partial charge is 0.232 e. The molecule has 8 heteroatoms. The minimum Gasteiger partial charge on any atom is -0.469 e. The van der Waals surface area contributed by atoms with Gasteiger partial charge in [-0.15, -0.1) is 0 Å². The number of aliphatic imine (C=N–C) groups is 1. The van der Waals surface area contributed by atoms with E-state index in [9.17, 15) is 9.65 Å². The molecule has 3 N–H and O–H groups in total. The van der Waals surface area contributed by atoms with Crippen LogP contribution in [0.25, 0.3) is 0 Å². The Bertz CT molecular complexity index is 1060. The molecule has 1 aliphatic rings. The number of hydrogen-bond acceptors (Lipinski definition) is 6. The maximum absolute atomic E-state index is 13.8. The molecule has 1 aromatic carbocycles. The molecule has 1 aliphatic heterocycles. The van der Waals surface area contributed by atoms with Crippen molar-refractivity contribution in [1.82, 2.24) is 15.1 Å². The van der Waals surface area contributed by atoms with Crippen molar-refractivity contribution in [3.05, 3.63) is 63.8 Å². The van der Waals surface area contributed by atoms with Crippen LogP contribution in [0.4, 0.5) is 4.39 Å². The zero-order chi connectivity index (χ0) is 22.1. The highest BCUT2D eigenvalue weighted by Crippen LogP contribution is 2.32. The van der Waals surface area contributed by atoms with Gasteiger partial charge in [-0.3, -0.25) is 4.68 Å². The molecule has 0 bridgehead atoms. The lowest BCUT2D eigenvalue weighted by Gasteiger charge is -2.33. The molecule has 158 valence electrons. The lowest BCUT2D eigenvalue weighted by atomic mass is 9.89. The van der Waals surface area contributed by atoms with Gasteiger partial charge in [-0.05, 0) is 49.9 Å². The average Bonchev–Trinajstić information content (AvgIpc) is 3.07. The van der Waals surface area contributed by atoms with Crippen molar-refractivity contribution in [3.63, 3.8) is 0 Å². The average molecular weight is 410 g/mol. The number of hydrogen-bond donors (Lipinski definition) is 2. The number of nitriles is 1. The Balaban J connectivity index is 1.95. The van der Waals surface area contributed by atoms with Gasteiger partial charge in [0.25, 0.3) is 0 Å². The Labute approximate surface area is 176 Å². The fourth-order valence-electron chi connectivity index (χ4n) is 3.81. The SMILES string of the molecule is CCc1ccc(F)cc1[C@@H](C)OC1=C(N)N=CC(C)(c2c(CC)nn(C)c2C#N)N1. The fraction of sp³-hybridized carbons (Fsp3) is 0.409. The molecule has 0 saturated heterocycles. The van der Waals surface area contributed by atoms with Gasteiger partial charge in [-0.1, -0.05) is 19.9 Å². The van der Waals surface area contributed by atoms with E-state index in [0.29, 0.717) is 12.1 Å². The summed E-state index contributed by atoms with van der Waals surface area (Å²) in [7, 11) is 1.74. The summed E-state index contributed by atoms with van der Waals surface area (Å²) in [4.78, 5) is 4.33. The van der Waals surface area contributed by atoms with Crippen LogP contribution in [-0.4, -0.2) is 16.0 Å². The standard InChI is InChI=1S/C22H27FN6O/c1-6-14-8-9-15(23)10-16(14)13(3)30-21-20(25)26-12-22(4,27-21)19-17(7-2)28-29(5)18(19)11-24/h8-10,12-13,27H,6-7,25H2,1-5H3/t13-,22?/m1/s1. The van der Waals surface area contributed by atoms with Crippen molar-refractivity contribution in [2.45, 2.75) is 52.2 Å². The van der Waals surface area contributed by atoms with E-state index < -0.39 is 11.6 Å². The Hall–Kier alpha value is -3.34. The van der Waals surface area contributed by atoms with Gasteiger partial charge in [0.2, 0.25) is 5.88 Å². The highest BCUT2D eigenvalue weighted by Gasteiger charge is 2.37. The van der Waals surface area contributed by atoms with Crippen molar-refractivity contribution in [2.24, 2.45) is 17.8 Å². The number of benzene rings is 1. The van der Waals surface area contributed by atoms with Crippen molar-refractivity contribution in [1.29, 1.82) is 5.26 Å². The van der Waals surface area contributed by atoms with Gasteiger partial charge in [0, 0.05) is 18.8 Å². The van der Waals surface area contributed by atoms with Crippen LogP contribution in [0.3, 0.4) is 0 Å². The summed E-state index contributed by atoms with van der Waals surface area (Å²) < 4.78 is 21.5. The maximum Gasteiger partial charge on any atom is 0.232 e. The molecule has 0 saturated carbocycles. The van der Waals surface area contributed by atoms with Crippen molar-refractivity contribution < 1.29 is 9.13 Å². The predicted octanol–water partition coefficient (Wildman–Crippen LogP) is 3.31. The second kappa shape index (κ2) is 8.19. The first kappa shape index (κ1) is 21.4. The Morgan fingerprint density at radius 3 is 2.73 bits per heavy atom. The molecule has 0 amide bonds. The van der Waals surface area contributed by atoms with Crippen LogP contribution in [0.2, 0.25) is 0 Å². The van der Waals surface area contributed by atoms with Crippen LogP contribution in [0.1, 0.15) is 61.9 Å². The Morgan fingerprint density at radius 2 is 2.10 bits per heavy atom. The van der Waals surface area contributed by atoms with E-state index in [0.717, 1.165) is 28.8 Å². The summed E-state index contributed by atoms with van der Waals surface area (Å²) in [5.74, 6) is 0.156. The first-order valence-electron chi connectivity index (χ1n) is 9.98. The van der Waals surface area contributed by atoms with Gasteiger partial charge in [0.1, 0.15) is 29.2 Å². The molecule has 3 rings (SSSR count). The highest BCUT2D eigenvalue weighted by molar-refractivity contribution is 5.77. The minimum atomic E-state index is -0.835. The number of ether oxygens (including phenoxy) is 1. The van der Waals surface area contributed by atoms with Crippen LogP contribution in [0, 0.1) is 17.1 Å². The summed E-state index contributed by atoms with van der Waals surface area (Å²) in [5, 5.41) is 17.4. The summed E-state index contributed by atoms with van der Waals surface area (Å²) in [5.41, 5.74) is 8.98. The van der Waals surface area contributed by atoms with E-state index in [2.05, 4.69) is 21.5 Å². The molecular weight excluding hydrogens is 383 g/mol. The lowest BCUT2D eigenvalue weighted by Crippen LogP contribution is -2.45. The molecule has 2 aromatic rings. The van der Waals surface area contributed by atoms with Crippen molar-refractivity contribution >= 4 is 6.21 Å². The van der Waals surface area contributed by atoms with E-state index in [1.807, 2.05) is 27.7 Å². The fourth-order valence-corrected chi connectivity index (χ4v) is 3.81. The van der Waals surface area contributed by atoms with E-state index in [-0.39, 0.29) is 17.5 Å². The number of nitrogens with one attached hydrogen (secondary N) is 1. The second-order valence-corrected chi connectivity index (χ2v) is 7.52. The van der Waals surface area contributed by atoms with E-state index in [1.165, 1.54) is 12.1 Å². The summed E-state index contributed by atoms with van der Waals surface area (Å²) >= 11 is 0. The Kier molecular flexibility index (Phi) is 5.83. The number of nitrogens with two attached hydrogens (primary N) is 1. The van der Waals surface area contributed by atoms with E-state index in [1.54, 1.807) is 24.0 Å². The second-order valence-electron chi connectivity index (χ2n) is 7.52. The van der Waals surface area contributed by atoms with Gasteiger partial charge in [0.15, 0.2) is 5.82 Å². The highest BCUT2D eigenvalue weighted by atomic mass is 19.1. The zero-order valence-electron chi connectivity index (χ0n) is 18.0. The number of halogens is 1. The van der Waals surface area contributed by atoms with E-state index >= 15 is 0 Å². The molecule has 1 unspecified atom stereocenters. The monoisotopic (exact) mass is 410 g/mol. The van der Waals surface area contributed by atoms with Crippen LogP contribution in [0.15, 0.2) is 34.9 Å². The molecule has 2 heterocycles. The van der Waals surface area contributed by atoms with Crippen LogP contribution in [-0.2, 0) is 30.2 Å². The first-order chi connectivity index (χ1) is 14.2. The molecule has 0 spiro atoms. The summed E-state index contributed by atoms with van der Waals surface area (Å²) in [6, 6.07) is 6.92. The topological polar surface area (TPSA) is 101 Å².